The van der Waals surface area contributed by atoms with Crippen LogP contribution in [0.4, 0.5) is 5.69 Å². The van der Waals surface area contributed by atoms with Crippen LogP contribution in [0.5, 0.6) is 11.6 Å². The van der Waals surface area contributed by atoms with E-state index in [1.54, 1.807) is 36.4 Å². The molecular formula is C20H17N3O3. The molecule has 6 nitrogen and oxygen atoms in total. The molecule has 0 radical (unpaired) electrons. The number of rotatable bonds is 6. The highest BCUT2D eigenvalue weighted by atomic mass is 16.5. The zero-order valence-electron chi connectivity index (χ0n) is 13.9. The molecule has 6 heteroatoms. The average molecular weight is 347 g/mol. The van der Waals surface area contributed by atoms with Crippen LogP contribution in [-0.2, 0) is 4.79 Å². The van der Waals surface area contributed by atoms with Crippen molar-refractivity contribution in [1.82, 2.24) is 10.3 Å². The van der Waals surface area contributed by atoms with Crippen molar-refractivity contribution in [3.8, 4) is 11.6 Å². The minimum Gasteiger partial charge on any atom is -0.439 e. The van der Waals surface area contributed by atoms with Crippen LogP contribution in [0.1, 0.15) is 10.4 Å². The smallest absolute Gasteiger partial charge is 0.251 e. The second-order valence-electron chi connectivity index (χ2n) is 5.40. The number of nitrogens with zero attached hydrogens (tertiary/aromatic N) is 1. The molecule has 0 fully saturated rings. The zero-order valence-corrected chi connectivity index (χ0v) is 13.9. The van der Waals surface area contributed by atoms with E-state index in [9.17, 15) is 9.59 Å². The van der Waals surface area contributed by atoms with E-state index in [2.05, 4.69) is 15.6 Å². The Morgan fingerprint density at radius 1 is 0.885 bits per heavy atom. The summed E-state index contributed by atoms with van der Waals surface area (Å²) >= 11 is 0. The highest BCUT2D eigenvalue weighted by Crippen LogP contribution is 2.19. The van der Waals surface area contributed by atoms with Crippen molar-refractivity contribution in [2.75, 3.05) is 11.9 Å². The van der Waals surface area contributed by atoms with Gasteiger partial charge in [0.1, 0.15) is 5.75 Å². The van der Waals surface area contributed by atoms with Gasteiger partial charge in [0.2, 0.25) is 11.8 Å². The molecule has 130 valence electrons. The Balaban J connectivity index is 1.49. The van der Waals surface area contributed by atoms with Gasteiger partial charge in [-0.2, -0.15) is 0 Å². The molecule has 0 saturated carbocycles. The van der Waals surface area contributed by atoms with Crippen LogP contribution in [0.2, 0.25) is 0 Å². The zero-order chi connectivity index (χ0) is 18.2. The lowest BCUT2D eigenvalue weighted by molar-refractivity contribution is -0.115. The number of ether oxygens (including phenoxy) is 1. The number of aromatic nitrogens is 1. The summed E-state index contributed by atoms with van der Waals surface area (Å²) in [5.41, 5.74) is 1.02. The Hall–Kier alpha value is -3.67. The fraction of sp³-hybridized carbons (Fsp3) is 0.0500. The molecular weight excluding hydrogens is 330 g/mol. The summed E-state index contributed by atoms with van der Waals surface area (Å²) < 4.78 is 5.59. The fourth-order valence-electron chi connectivity index (χ4n) is 2.18. The predicted molar refractivity (Wildman–Crippen MR) is 98.2 cm³/mol. The summed E-state index contributed by atoms with van der Waals surface area (Å²) in [6.07, 6.45) is 1.50. The number of pyridine rings is 1. The maximum atomic E-state index is 11.9. The lowest BCUT2D eigenvalue weighted by Crippen LogP contribution is -2.32. The van der Waals surface area contributed by atoms with Crippen LogP contribution in [0.25, 0.3) is 0 Å². The number of hydrogen-bond acceptors (Lipinski definition) is 4. The Labute approximate surface area is 150 Å². The number of carbonyl (C=O) groups excluding carboxylic acids is 2. The van der Waals surface area contributed by atoms with Gasteiger partial charge < -0.3 is 15.4 Å². The molecule has 3 rings (SSSR count). The molecule has 0 spiro atoms. The van der Waals surface area contributed by atoms with Crippen LogP contribution in [0.15, 0.2) is 79.0 Å². The van der Waals surface area contributed by atoms with Gasteiger partial charge in [0.25, 0.3) is 5.91 Å². The molecule has 26 heavy (non-hydrogen) atoms. The summed E-state index contributed by atoms with van der Waals surface area (Å²) in [6, 6.07) is 21.3. The number of hydrogen-bond donors (Lipinski definition) is 2. The lowest BCUT2D eigenvalue weighted by Gasteiger charge is -2.08. The Morgan fingerprint density at radius 3 is 2.23 bits per heavy atom. The SMILES string of the molecule is O=C(CNC(=O)c1ccccc1)Nc1ccc(Oc2ccccc2)nc1. The molecule has 0 atom stereocenters. The first-order chi connectivity index (χ1) is 12.7. The van der Waals surface area contributed by atoms with E-state index >= 15 is 0 Å². The van der Waals surface area contributed by atoms with Gasteiger partial charge in [-0.05, 0) is 30.3 Å². The third-order valence-corrected chi connectivity index (χ3v) is 3.43. The summed E-state index contributed by atoms with van der Waals surface area (Å²) in [5, 5.41) is 5.24. The monoisotopic (exact) mass is 347 g/mol. The normalized spacial score (nSPS) is 10.0. The Morgan fingerprint density at radius 2 is 1.58 bits per heavy atom. The first-order valence-corrected chi connectivity index (χ1v) is 8.03. The van der Waals surface area contributed by atoms with Crippen LogP contribution in [0, 0.1) is 0 Å². The molecule has 0 saturated heterocycles. The number of carbonyl (C=O) groups is 2. The van der Waals surface area contributed by atoms with E-state index < -0.39 is 0 Å². The third kappa shape index (κ3) is 4.91. The van der Waals surface area contributed by atoms with Gasteiger partial charge in [-0.15, -0.1) is 0 Å². The van der Waals surface area contributed by atoms with Crippen molar-refractivity contribution in [2.24, 2.45) is 0 Å². The molecule has 2 N–H and O–H groups in total. The highest BCUT2D eigenvalue weighted by Gasteiger charge is 2.08. The van der Waals surface area contributed by atoms with E-state index in [0.29, 0.717) is 22.9 Å². The fourth-order valence-corrected chi connectivity index (χ4v) is 2.18. The van der Waals surface area contributed by atoms with Crippen LogP contribution >= 0.6 is 0 Å². The molecule has 1 aromatic heterocycles. The van der Waals surface area contributed by atoms with Gasteiger partial charge in [0, 0.05) is 11.6 Å². The quantitative estimate of drug-likeness (QED) is 0.717. The van der Waals surface area contributed by atoms with Crippen LogP contribution in [0.3, 0.4) is 0 Å². The van der Waals surface area contributed by atoms with Crippen molar-refractivity contribution in [2.45, 2.75) is 0 Å². The summed E-state index contributed by atoms with van der Waals surface area (Å²) in [7, 11) is 0. The number of anilines is 1. The van der Waals surface area contributed by atoms with Gasteiger partial charge >= 0.3 is 0 Å². The molecule has 0 aliphatic heterocycles. The summed E-state index contributed by atoms with van der Waals surface area (Å²) in [6.45, 7) is -0.129. The molecule has 3 aromatic rings. The van der Waals surface area contributed by atoms with Crippen molar-refractivity contribution >= 4 is 17.5 Å². The summed E-state index contributed by atoms with van der Waals surface area (Å²) in [5.74, 6) is 0.463. The highest BCUT2D eigenvalue weighted by molar-refractivity contribution is 5.99. The molecule has 0 aliphatic carbocycles. The molecule has 0 unspecified atom stereocenters. The van der Waals surface area contributed by atoms with Crippen molar-refractivity contribution < 1.29 is 14.3 Å². The number of para-hydroxylation sites is 1. The Bertz CT molecular complexity index is 866. The number of amides is 2. The number of nitrogens with one attached hydrogen (secondary N) is 2. The maximum absolute atomic E-state index is 11.9. The van der Waals surface area contributed by atoms with Crippen molar-refractivity contribution in [3.05, 3.63) is 84.6 Å². The molecule has 2 amide bonds. The van der Waals surface area contributed by atoms with Crippen molar-refractivity contribution in [1.29, 1.82) is 0 Å². The minimum atomic E-state index is -0.340. The first kappa shape index (κ1) is 17.2. The molecule has 0 bridgehead atoms. The van der Waals surface area contributed by atoms with E-state index in [1.165, 1.54) is 6.20 Å². The number of benzene rings is 2. The van der Waals surface area contributed by atoms with Gasteiger partial charge in [0.15, 0.2) is 0 Å². The summed E-state index contributed by atoms with van der Waals surface area (Å²) in [4.78, 5) is 28.0. The largest absolute Gasteiger partial charge is 0.439 e. The minimum absolute atomic E-state index is 0.129. The van der Waals surface area contributed by atoms with E-state index in [1.807, 2.05) is 36.4 Å². The van der Waals surface area contributed by atoms with Gasteiger partial charge in [-0.25, -0.2) is 4.98 Å². The van der Waals surface area contributed by atoms with Gasteiger partial charge in [-0.1, -0.05) is 36.4 Å². The van der Waals surface area contributed by atoms with Crippen LogP contribution in [-0.4, -0.2) is 23.3 Å². The second kappa shape index (κ2) is 8.43. The molecule has 0 aliphatic rings. The van der Waals surface area contributed by atoms with Crippen LogP contribution < -0.4 is 15.4 Å². The second-order valence-corrected chi connectivity index (χ2v) is 5.40. The van der Waals surface area contributed by atoms with Crippen molar-refractivity contribution in [3.63, 3.8) is 0 Å². The average Bonchev–Trinajstić information content (AvgIpc) is 2.69. The third-order valence-electron chi connectivity index (χ3n) is 3.43. The Kier molecular flexibility index (Phi) is 5.57. The topological polar surface area (TPSA) is 80.3 Å². The van der Waals surface area contributed by atoms with E-state index in [4.69, 9.17) is 4.74 Å². The standard InChI is InChI=1S/C20H17N3O3/c24-18(14-22-20(25)15-7-3-1-4-8-15)23-16-11-12-19(21-13-16)26-17-9-5-2-6-10-17/h1-13H,14H2,(H,22,25)(H,23,24). The van der Waals surface area contributed by atoms with Gasteiger partial charge in [-0.3, -0.25) is 9.59 Å². The molecule has 2 aromatic carbocycles. The van der Waals surface area contributed by atoms with E-state index in [-0.39, 0.29) is 18.4 Å². The first-order valence-electron chi connectivity index (χ1n) is 8.03. The van der Waals surface area contributed by atoms with E-state index in [0.717, 1.165) is 0 Å². The van der Waals surface area contributed by atoms with Gasteiger partial charge in [0.05, 0.1) is 18.4 Å². The maximum Gasteiger partial charge on any atom is 0.251 e. The molecule has 1 heterocycles. The lowest BCUT2D eigenvalue weighted by atomic mass is 10.2. The predicted octanol–water partition coefficient (Wildman–Crippen LogP) is 3.24.